The summed E-state index contributed by atoms with van der Waals surface area (Å²) in [5.74, 6) is -0.999. The SMILES string of the molecule is C=C[C@@H]1C[C@]1(CC(=O)[C@@H]1C[C@@H](Oc2nccc3cc(OC)ccc23)CN1C(=O)[C@@H](NC(=O)N(C)[C@H](COC)C(C)C)C(C)(C)C)C(=O)NS(=O)(=O)C1CC1. The van der Waals surface area contributed by atoms with E-state index in [4.69, 9.17) is 14.2 Å². The molecule has 2 saturated carbocycles. The Kier molecular flexibility index (Phi) is 12.0. The lowest BCUT2D eigenvalue weighted by molar-refractivity contribution is -0.142. The molecule has 14 nitrogen and oxygen atoms in total. The highest BCUT2D eigenvalue weighted by molar-refractivity contribution is 7.90. The minimum absolute atomic E-state index is 0.000187. The Morgan fingerprint density at radius 3 is 2.43 bits per heavy atom. The molecule has 3 aliphatic rings. The van der Waals surface area contributed by atoms with Gasteiger partial charge in [-0.15, -0.1) is 6.58 Å². The molecule has 1 saturated heterocycles. The van der Waals surface area contributed by atoms with Gasteiger partial charge in [-0.05, 0) is 66.2 Å². The molecule has 296 valence electrons. The van der Waals surface area contributed by atoms with Crippen LogP contribution in [0.3, 0.4) is 0 Å². The number of pyridine rings is 1. The van der Waals surface area contributed by atoms with Crippen LogP contribution in [0.25, 0.3) is 10.8 Å². The second-order valence-electron chi connectivity index (χ2n) is 16.3. The smallest absolute Gasteiger partial charge is 0.318 e. The highest BCUT2D eigenvalue weighted by Gasteiger charge is 2.61. The monoisotopic (exact) mass is 769 g/mol. The lowest BCUT2D eigenvalue weighted by Gasteiger charge is -2.38. The zero-order valence-electron chi connectivity index (χ0n) is 32.6. The fourth-order valence-electron chi connectivity index (χ4n) is 7.36. The van der Waals surface area contributed by atoms with Gasteiger partial charge in [-0.3, -0.25) is 19.1 Å². The number of ketones is 1. The van der Waals surface area contributed by atoms with Gasteiger partial charge in [0.05, 0.1) is 43.0 Å². The third kappa shape index (κ3) is 8.67. The molecular weight excluding hydrogens is 715 g/mol. The normalized spacial score (nSPS) is 23.7. The molecule has 1 aromatic carbocycles. The van der Waals surface area contributed by atoms with Crippen LogP contribution in [0, 0.1) is 22.7 Å². The second kappa shape index (κ2) is 15.9. The van der Waals surface area contributed by atoms with Crippen LogP contribution in [0.4, 0.5) is 4.79 Å². The molecule has 0 bridgehead atoms. The van der Waals surface area contributed by atoms with Gasteiger partial charge in [-0.2, -0.15) is 0 Å². The van der Waals surface area contributed by atoms with Crippen LogP contribution < -0.4 is 19.5 Å². The van der Waals surface area contributed by atoms with Crippen LogP contribution in [-0.4, -0.2) is 111 Å². The van der Waals surface area contributed by atoms with E-state index >= 15 is 0 Å². The van der Waals surface area contributed by atoms with Gasteiger partial charge in [0.25, 0.3) is 0 Å². The van der Waals surface area contributed by atoms with Crippen molar-refractivity contribution in [2.75, 3.05) is 34.4 Å². The Balaban J connectivity index is 1.45. The number of carbonyl (C=O) groups is 4. The fourth-order valence-corrected chi connectivity index (χ4v) is 8.74. The number of urea groups is 1. The van der Waals surface area contributed by atoms with Gasteiger partial charge < -0.3 is 29.3 Å². The summed E-state index contributed by atoms with van der Waals surface area (Å²) in [6.45, 7) is 13.6. The Bertz CT molecular complexity index is 1870. The highest BCUT2D eigenvalue weighted by Crippen LogP contribution is 2.57. The summed E-state index contributed by atoms with van der Waals surface area (Å²) in [6.07, 6.45) is 3.49. The first-order valence-electron chi connectivity index (χ1n) is 18.5. The van der Waals surface area contributed by atoms with Crippen molar-refractivity contribution in [3.8, 4) is 11.6 Å². The first-order chi connectivity index (χ1) is 25.4. The van der Waals surface area contributed by atoms with Crippen molar-refractivity contribution >= 4 is 44.4 Å². The Hall–Kier alpha value is -4.24. The predicted molar refractivity (Wildman–Crippen MR) is 203 cm³/mol. The van der Waals surface area contributed by atoms with Crippen molar-refractivity contribution in [3.05, 3.63) is 43.1 Å². The molecule has 2 aliphatic carbocycles. The van der Waals surface area contributed by atoms with Crippen LogP contribution in [0.15, 0.2) is 43.1 Å². The Morgan fingerprint density at radius 1 is 1.15 bits per heavy atom. The molecule has 1 aromatic heterocycles. The summed E-state index contributed by atoms with van der Waals surface area (Å²) in [5, 5.41) is 3.86. The molecule has 2 N–H and O–H groups in total. The minimum Gasteiger partial charge on any atom is -0.497 e. The van der Waals surface area contributed by atoms with Crippen LogP contribution >= 0.6 is 0 Å². The predicted octanol–water partition coefficient (Wildman–Crippen LogP) is 4.08. The maximum Gasteiger partial charge on any atom is 0.318 e. The maximum atomic E-state index is 14.7. The summed E-state index contributed by atoms with van der Waals surface area (Å²) in [5.41, 5.74) is -2.09. The van der Waals surface area contributed by atoms with Crippen molar-refractivity contribution in [2.24, 2.45) is 22.7 Å². The van der Waals surface area contributed by atoms with Gasteiger partial charge in [-0.1, -0.05) is 40.7 Å². The van der Waals surface area contributed by atoms with E-state index in [1.807, 2.05) is 52.8 Å². The first kappa shape index (κ1) is 40.9. The molecule has 5 rings (SSSR count). The minimum atomic E-state index is -3.86. The first-order valence-corrected chi connectivity index (χ1v) is 20.0. The molecule has 0 radical (unpaired) electrons. The van der Waals surface area contributed by atoms with Gasteiger partial charge in [0.2, 0.25) is 27.7 Å². The molecule has 15 heteroatoms. The van der Waals surface area contributed by atoms with Crippen LogP contribution in [0.5, 0.6) is 11.6 Å². The highest BCUT2D eigenvalue weighted by atomic mass is 32.2. The zero-order chi connectivity index (χ0) is 39.7. The molecule has 0 unspecified atom stereocenters. The number of benzene rings is 1. The number of hydrogen-bond acceptors (Lipinski definition) is 10. The summed E-state index contributed by atoms with van der Waals surface area (Å²) in [6, 6.07) is 4.47. The summed E-state index contributed by atoms with van der Waals surface area (Å²) >= 11 is 0. The van der Waals surface area contributed by atoms with E-state index in [0.29, 0.717) is 36.5 Å². The maximum absolute atomic E-state index is 14.7. The van der Waals surface area contributed by atoms with Crippen molar-refractivity contribution in [3.63, 3.8) is 0 Å². The Labute approximate surface area is 318 Å². The van der Waals surface area contributed by atoms with E-state index < -0.39 is 73.8 Å². The summed E-state index contributed by atoms with van der Waals surface area (Å²) in [7, 11) is 0.931. The number of methoxy groups -OCH3 is 2. The van der Waals surface area contributed by atoms with Gasteiger partial charge in [-0.25, -0.2) is 18.2 Å². The molecule has 2 aromatic rings. The number of nitrogens with one attached hydrogen (secondary N) is 2. The number of hydrogen-bond donors (Lipinski definition) is 2. The molecular formula is C39H55N5O9S. The third-order valence-electron chi connectivity index (χ3n) is 11.0. The third-order valence-corrected chi connectivity index (χ3v) is 12.8. The van der Waals surface area contributed by atoms with Gasteiger partial charge >= 0.3 is 6.03 Å². The number of amides is 4. The lowest BCUT2D eigenvalue weighted by atomic mass is 9.85. The van der Waals surface area contributed by atoms with Gasteiger partial charge in [0.1, 0.15) is 17.9 Å². The topological polar surface area (TPSA) is 174 Å². The molecule has 3 fully saturated rings. The number of aromatic nitrogens is 1. The van der Waals surface area contributed by atoms with Crippen molar-refractivity contribution in [1.82, 2.24) is 24.8 Å². The number of ether oxygens (including phenoxy) is 3. The van der Waals surface area contributed by atoms with Crippen LogP contribution in [-0.2, 0) is 29.1 Å². The molecule has 2 heterocycles. The summed E-state index contributed by atoms with van der Waals surface area (Å²) in [4.78, 5) is 63.9. The number of Topliss-reactive ketones (excluding diaryl/α,β-unsaturated/α-hetero) is 1. The molecule has 0 spiro atoms. The standard InChI is InChI=1S/C39H55N5O9S/c1-10-25-19-39(25,36(47)42-54(49,50)28-12-13-28)20-32(45)30-18-27(53-34-29-14-11-26(52-9)17-24(29)15-16-40-34)21-44(30)35(46)33(38(4,5)6)41-37(48)43(7)31(22-51-8)23(2)3/h10-11,14-17,23,25,27-28,30-31,33H,1,12-13,18-22H2,2-9H3,(H,41,48)(H,42,47)/t25-,27-,30+,31-,33-,39-/m1/s1. The van der Waals surface area contributed by atoms with Gasteiger partial charge in [0.15, 0.2) is 5.78 Å². The number of carbonyl (C=O) groups excluding carboxylic acids is 4. The van der Waals surface area contributed by atoms with Crippen molar-refractivity contribution in [1.29, 1.82) is 0 Å². The molecule has 6 atom stereocenters. The quantitative estimate of drug-likeness (QED) is 0.237. The van der Waals surface area contributed by atoms with E-state index in [1.54, 1.807) is 39.6 Å². The number of likely N-dealkylation sites (N-methyl/N-ethyl adjacent to an activating group) is 1. The van der Waals surface area contributed by atoms with Crippen molar-refractivity contribution in [2.45, 2.75) is 96.2 Å². The Morgan fingerprint density at radius 2 is 1.85 bits per heavy atom. The average Bonchev–Trinajstić information content (AvgIpc) is 4.04. The lowest BCUT2D eigenvalue weighted by Crippen LogP contribution is -2.60. The van der Waals surface area contributed by atoms with Crippen molar-refractivity contribution < 1.29 is 41.8 Å². The summed E-state index contributed by atoms with van der Waals surface area (Å²) < 4.78 is 44.9. The van der Waals surface area contributed by atoms with Crippen LogP contribution in [0.2, 0.25) is 0 Å². The molecule has 1 aliphatic heterocycles. The van der Waals surface area contributed by atoms with E-state index in [0.717, 1.165) is 5.39 Å². The fraction of sp³-hybridized carbons (Fsp3) is 0.615. The second-order valence-corrected chi connectivity index (χ2v) is 18.3. The van der Waals surface area contributed by atoms with Crippen LogP contribution in [0.1, 0.15) is 66.7 Å². The molecule has 4 amide bonds. The average molecular weight is 770 g/mol. The number of rotatable bonds is 16. The largest absolute Gasteiger partial charge is 0.497 e. The number of sulfonamides is 1. The van der Waals surface area contributed by atoms with E-state index in [1.165, 1.54) is 9.80 Å². The number of likely N-dealkylation sites (tertiary alicyclic amines) is 1. The zero-order valence-corrected chi connectivity index (χ0v) is 33.4. The number of nitrogens with zero attached hydrogens (tertiary/aromatic N) is 3. The number of allylic oxidation sites excluding steroid dienone is 1. The van der Waals surface area contributed by atoms with E-state index in [-0.39, 0.29) is 37.8 Å². The number of fused-ring (bicyclic) bond motifs is 1. The van der Waals surface area contributed by atoms with Gasteiger partial charge in [0, 0.05) is 38.6 Å². The molecule has 54 heavy (non-hydrogen) atoms. The van der Waals surface area contributed by atoms with E-state index in [2.05, 4.69) is 21.6 Å². The van der Waals surface area contributed by atoms with E-state index in [9.17, 15) is 27.6 Å².